The van der Waals surface area contributed by atoms with Gasteiger partial charge < -0.3 is 15.1 Å². The molecule has 2 aliphatic rings. The molecule has 0 saturated carbocycles. The summed E-state index contributed by atoms with van der Waals surface area (Å²) in [6.07, 6.45) is 2.85. The van der Waals surface area contributed by atoms with Crippen molar-refractivity contribution < 1.29 is 4.79 Å². The molecule has 1 N–H and O–H groups in total. The van der Waals surface area contributed by atoms with Gasteiger partial charge in [-0.1, -0.05) is 18.2 Å². The highest BCUT2D eigenvalue weighted by atomic mass is 16.2. The van der Waals surface area contributed by atoms with Gasteiger partial charge in [0.1, 0.15) is 0 Å². The molecule has 120 valence electrons. The lowest BCUT2D eigenvalue weighted by Crippen LogP contribution is -2.50. The Morgan fingerprint density at radius 1 is 1.13 bits per heavy atom. The molecule has 2 saturated heterocycles. The molecule has 5 nitrogen and oxygen atoms in total. The molecular formula is C18H22N4O. The van der Waals surface area contributed by atoms with E-state index in [0.29, 0.717) is 5.91 Å². The van der Waals surface area contributed by atoms with Crippen molar-refractivity contribution in [2.45, 2.75) is 6.42 Å². The molecule has 0 radical (unpaired) electrons. The summed E-state index contributed by atoms with van der Waals surface area (Å²) in [4.78, 5) is 21.4. The molecule has 0 bridgehead atoms. The van der Waals surface area contributed by atoms with E-state index in [1.165, 1.54) is 11.1 Å². The van der Waals surface area contributed by atoms with E-state index in [1.807, 2.05) is 23.2 Å². The van der Waals surface area contributed by atoms with Gasteiger partial charge in [0.15, 0.2) is 0 Å². The standard InChI is InChI=1S/C18H22N4O/c23-18(14-5-7-19-13-14)22-11-9-21(10-12-22)17-6-8-20-16-4-2-1-3-15(16)17/h1-4,6,8,14,19H,5,7,9-13H2/t14-/m1/s1. The van der Waals surface area contributed by atoms with Crippen LogP contribution in [0.5, 0.6) is 0 Å². The van der Waals surface area contributed by atoms with Crippen molar-refractivity contribution in [3.05, 3.63) is 36.5 Å². The minimum Gasteiger partial charge on any atom is -0.367 e. The fraction of sp³-hybridized carbons (Fsp3) is 0.444. The number of hydrogen-bond acceptors (Lipinski definition) is 4. The summed E-state index contributed by atoms with van der Waals surface area (Å²) in [5, 5.41) is 4.47. The van der Waals surface area contributed by atoms with E-state index in [2.05, 4.69) is 33.4 Å². The van der Waals surface area contributed by atoms with E-state index < -0.39 is 0 Å². The summed E-state index contributed by atoms with van der Waals surface area (Å²) in [6, 6.07) is 10.3. The van der Waals surface area contributed by atoms with Gasteiger partial charge in [-0.15, -0.1) is 0 Å². The first-order valence-corrected chi connectivity index (χ1v) is 8.41. The van der Waals surface area contributed by atoms with E-state index in [9.17, 15) is 4.79 Å². The van der Waals surface area contributed by atoms with Gasteiger partial charge in [-0.2, -0.15) is 0 Å². The Balaban J connectivity index is 1.47. The van der Waals surface area contributed by atoms with Crippen LogP contribution >= 0.6 is 0 Å². The van der Waals surface area contributed by atoms with Crippen LogP contribution in [0.2, 0.25) is 0 Å². The lowest BCUT2D eigenvalue weighted by Gasteiger charge is -2.37. The zero-order valence-electron chi connectivity index (χ0n) is 13.2. The number of aromatic nitrogens is 1. The first-order chi connectivity index (χ1) is 11.3. The van der Waals surface area contributed by atoms with Gasteiger partial charge in [0.2, 0.25) is 5.91 Å². The molecule has 0 spiro atoms. The smallest absolute Gasteiger partial charge is 0.227 e. The lowest BCUT2D eigenvalue weighted by atomic mass is 10.1. The zero-order valence-corrected chi connectivity index (χ0v) is 13.2. The van der Waals surface area contributed by atoms with Gasteiger partial charge in [-0.25, -0.2) is 0 Å². The van der Waals surface area contributed by atoms with Crippen LogP contribution < -0.4 is 10.2 Å². The van der Waals surface area contributed by atoms with Crippen molar-refractivity contribution in [2.24, 2.45) is 5.92 Å². The number of carbonyl (C=O) groups is 1. The van der Waals surface area contributed by atoms with E-state index in [-0.39, 0.29) is 5.92 Å². The average molecular weight is 310 g/mol. The second-order valence-electron chi connectivity index (χ2n) is 6.35. The number of para-hydroxylation sites is 1. The van der Waals surface area contributed by atoms with Crippen LogP contribution in [-0.4, -0.2) is 55.1 Å². The molecule has 2 aromatic rings. The lowest BCUT2D eigenvalue weighted by molar-refractivity contribution is -0.135. The Bertz CT molecular complexity index is 698. The number of carbonyl (C=O) groups excluding carboxylic acids is 1. The monoisotopic (exact) mass is 310 g/mol. The van der Waals surface area contributed by atoms with Crippen molar-refractivity contribution >= 4 is 22.5 Å². The van der Waals surface area contributed by atoms with Crippen LogP contribution in [0.4, 0.5) is 5.69 Å². The molecular weight excluding hydrogens is 288 g/mol. The van der Waals surface area contributed by atoms with Gasteiger partial charge in [-0.3, -0.25) is 9.78 Å². The highest BCUT2D eigenvalue weighted by molar-refractivity contribution is 5.91. The molecule has 1 atom stereocenters. The Labute approximate surface area is 136 Å². The minimum atomic E-state index is 0.184. The van der Waals surface area contributed by atoms with Crippen molar-refractivity contribution in [3.63, 3.8) is 0 Å². The Morgan fingerprint density at radius 2 is 1.96 bits per heavy atom. The predicted octanol–water partition coefficient (Wildman–Crippen LogP) is 1.49. The largest absolute Gasteiger partial charge is 0.367 e. The van der Waals surface area contributed by atoms with Crippen molar-refractivity contribution in [2.75, 3.05) is 44.2 Å². The average Bonchev–Trinajstić information content (AvgIpc) is 3.15. The number of amides is 1. The van der Waals surface area contributed by atoms with Crippen molar-refractivity contribution in [1.82, 2.24) is 15.2 Å². The Kier molecular flexibility index (Phi) is 3.87. The van der Waals surface area contributed by atoms with E-state index in [0.717, 1.165) is 51.2 Å². The summed E-state index contributed by atoms with van der Waals surface area (Å²) in [5.41, 5.74) is 2.26. The Morgan fingerprint density at radius 3 is 2.74 bits per heavy atom. The highest BCUT2D eigenvalue weighted by Gasteiger charge is 2.29. The Hall–Kier alpha value is -2.14. The topological polar surface area (TPSA) is 48.5 Å². The normalized spacial score (nSPS) is 21.8. The number of piperazine rings is 1. The summed E-state index contributed by atoms with van der Waals surface area (Å²) in [7, 11) is 0. The highest BCUT2D eigenvalue weighted by Crippen LogP contribution is 2.26. The third kappa shape index (κ3) is 2.77. The number of benzene rings is 1. The maximum Gasteiger partial charge on any atom is 0.227 e. The van der Waals surface area contributed by atoms with Gasteiger partial charge in [-0.05, 0) is 25.1 Å². The van der Waals surface area contributed by atoms with Crippen LogP contribution in [0.15, 0.2) is 36.5 Å². The van der Waals surface area contributed by atoms with E-state index in [1.54, 1.807) is 0 Å². The summed E-state index contributed by atoms with van der Waals surface area (Å²) >= 11 is 0. The maximum absolute atomic E-state index is 12.5. The third-order valence-corrected chi connectivity index (χ3v) is 4.97. The van der Waals surface area contributed by atoms with Crippen LogP contribution in [0, 0.1) is 5.92 Å². The fourth-order valence-corrected chi connectivity index (χ4v) is 3.65. The van der Waals surface area contributed by atoms with E-state index in [4.69, 9.17) is 0 Å². The number of anilines is 1. The summed E-state index contributed by atoms with van der Waals surface area (Å²) < 4.78 is 0. The molecule has 2 fully saturated rings. The van der Waals surface area contributed by atoms with Crippen LogP contribution in [0.25, 0.3) is 10.9 Å². The molecule has 1 amide bonds. The molecule has 1 aromatic carbocycles. The van der Waals surface area contributed by atoms with Crippen molar-refractivity contribution in [1.29, 1.82) is 0 Å². The fourth-order valence-electron chi connectivity index (χ4n) is 3.65. The number of hydrogen-bond donors (Lipinski definition) is 1. The number of fused-ring (bicyclic) bond motifs is 1. The number of nitrogens with one attached hydrogen (secondary N) is 1. The SMILES string of the molecule is O=C([C@@H]1CCNC1)N1CCN(c2ccnc3ccccc23)CC1. The first kappa shape index (κ1) is 14.5. The maximum atomic E-state index is 12.5. The third-order valence-electron chi connectivity index (χ3n) is 4.97. The van der Waals surface area contributed by atoms with Gasteiger partial charge in [0, 0.05) is 50.0 Å². The molecule has 5 heteroatoms. The van der Waals surface area contributed by atoms with Gasteiger partial charge >= 0.3 is 0 Å². The molecule has 1 aromatic heterocycles. The second-order valence-corrected chi connectivity index (χ2v) is 6.35. The molecule has 23 heavy (non-hydrogen) atoms. The molecule has 3 heterocycles. The summed E-state index contributed by atoms with van der Waals surface area (Å²) in [6.45, 7) is 5.21. The molecule has 4 rings (SSSR count). The minimum absolute atomic E-state index is 0.184. The van der Waals surface area contributed by atoms with Crippen molar-refractivity contribution in [3.8, 4) is 0 Å². The van der Waals surface area contributed by atoms with Crippen LogP contribution in [-0.2, 0) is 4.79 Å². The van der Waals surface area contributed by atoms with Gasteiger partial charge in [0.25, 0.3) is 0 Å². The first-order valence-electron chi connectivity index (χ1n) is 8.41. The second kappa shape index (κ2) is 6.16. The number of pyridine rings is 1. The van der Waals surface area contributed by atoms with Crippen LogP contribution in [0.3, 0.4) is 0 Å². The zero-order chi connectivity index (χ0) is 15.6. The van der Waals surface area contributed by atoms with Gasteiger partial charge in [0.05, 0.1) is 11.4 Å². The quantitative estimate of drug-likeness (QED) is 0.913. The molecule has 0 aliphatic carbocycles. The summed E-state index contributed by atoms with van der Waals surface area (Å²) in [5.74, 6) is 0.512. The number of nitrogens with zero attached hydrogens (tertiary/aromatic N) is 3. The number of rotatable bonds is 2. The van der Waals surface area contributed by atoms with E-state index >= 15 is 0 Å². The predicted molar refractivity (Wildman–Crippen MR) is 91.5 cm³/mol. The van der Waals surface area contributed by atoms with Crippen LogP contribution in [0.1, 0.15) is 6.42 Å². The molecule has 0 unspecified atom stereocenters. The molecule has 2 aliphatic heterocycles.